The number of carbonyl (C=O) groups excluding carboxylic acids is 2. The summed E-state index contributed by atoms with van der Waals surface area (Å²) in [6.07, 6.45) is -11.5. The van der Waals surface area contributed by atoms with Crippen LogP contribution in [0.2, 0.25) is 0 Å². The Kier molecular flexibility index (Phi) is 7.95. The molecule has 0 saturated heterocycles. The minimum atomic E-state index is -6.24. The van der Waals surface area contributed by atoms with Crippen LogP contribution in [-0.4, -0.2) is 42.6 Å². The van der Waals surface area contributed by atoms with E-state index in [4.69, 9.17) is 0 Å². The molecule has 31 heavy (non-hydrogen) atoms. The fourth-order valence-corrected chi connectivity index (χ4v) is 2.14. The van der Waals surface area contributed by atoms with Crippen LogP contribution >= 0.6 is 0 Å². The Morgan fingerprint density at radius 1 is 0.806 bits per heavy atom. The molecule has 0 spiro atoms. The second-order valence-corrected chi connectivity index (χ2v) is 6.19. The first-order chi connectivity index (χ1) is 14.0. The van der Waals surface area contributed by atoms with Gasteiger partial charge in [0.15, 0.2) is 0 Å². The number of carbonyl (C=O) groups is 2. The number of rotatable bonds is 8. The molecule has 1 aromatic rings. The van der Waals surface area contributed by atoms with Gasteiger partial charge in [0.2, 0.25) is 0 Å². The summed E-state index contributed by atoms with van der Waals surface area (Å²) < 4.78 is 131. The first-order valence-corrected chi connectivity index (χ1v) is 8.50. The van der Waals surface area contributed by atoms with Crippen molar-refractivity contribution in [3.63, 3.8) is 0 Å². The highest BCUT2D eigenvalue weighted by molar-refractivity contribution is 5.99. The van der Waals surface area contributed by atoms with Crippen LogP contribution in [-0.2, 0) is 9.59 Å². The summed E-state index contributed by atoms with van der Waals surface area (Å²) in [6, 6.07) is 2.44. The summed E-state index contributed by atoms with van der Waals surface area (Å²) in [5, 5.41) is 0. The van der Waals surface area contributed by atoms with Gasteiger partial charge in [0, 0.05) is 12.2 Å². The number of amides is 1. The third-order valence-corrected chi connectivity index (χ3v) is 3.83. The Morgan fingerprint density at radius 2 is 1.29 bits per heavy atom. The number of unbranched alkanes of at least 4 members (excludes halogenated alkanes) is 2. The molecule has 0 aliphatic heterocycles. The van der Waals surface area contributed by atoms with Gasteiger partial charge in [-0.25, -0.2) is 4.79 Å². The van der Waals surface area contributed by atoms with Crippen LogP contribution in [0.3, 0.4) is 0 Å². The molecule has 0 saturated carbocycles. The third kappa shape index (κ3) is 6.00. The summed E-state index contributed by atoms with van der Waals surface area (Å²) >= 11 is 0. The Hall–Kier alpha value is -2.54. The molecule has 0 fully saturated rings. The highest BCUT2D eigenvalue weighted by atomic mass is 19.4. The average Bonchev–Trinajstić information content (AvgIpc) is 2.63. The zero-order chi connectivity index (χ0) is 24.3. The van der Waals surface area contributed by atoms with E-state index in [0.29, 0.717) is 37.1 Å². The van der Waals surface area contributed by atoms with E-state index in [1.165, 1.54) is 0 Å². The Balaban J connectivity index is 3.15. The monoisotopic (exact) mass is 471 g/mol. The van der Waals surface area contributed by atoms with Gasteiger partial charge >= 0.3 is 36.1 Å². The summed E-state index contributed by atoms with van der Waals surface area (Å²) in [5.41, 5.74) is -0.549. The van der Waals surface area contributed by atoms with Crippen LogP contribution in [0.4, 0.5) is 49.6 Å². The fourth-order valence-electron chi connectivity index (χ4n) is 2.14. The molecule has 1 rings (SSSR count). The fraction of sp³-hybridized carbons (Fsp3) is 0.529. The lowest BCUT2D eigenvalue weighted by Crippen LogP contribution is -2.52. The molecule has 1 aromatic carbocycles. The lowest BCUT2D eigenvalue weighted by Gasteiger charge is -2.28. The van der Waals surface area contributed by atoms with E-state index in [1.54, 1.807) is 6.92 Å². The van der Waals surface area contributed by atoms with E-state index in [9.17, 15) is 53.5 Å². The van der Waals surface area contributed by atoms with Crippen molar-refractivity contribution >= 4 is 17.6 Å². The molecular weight excluding hydrogens is 456 g/mol. The van der Waals surface area contributed by atoms with Crippen molar-refractivity contribution in [2.75, 3.05) is 11.4 Å². The normalized spacial score (nSPS) is 13.1. The number of halogens is 10. The zero-order valence-corrected chi connectivity index (χ0v) is 15.6. The van der Waals surface area contributed by atoms with Gasteiger partial charge in [0.05, 0.1) is 0 Å². The number of anilines is 1. The average molecular weight is 471 g/mol. The molecule has 4 nitrogen and oxygen atoms in total. The molecule has 1 amide bonds. The highest BCUT2D eigenvalue weighted by Crippen LogP contribution is 2.39. The molecule has 0 radical (unpaired) electrons. The van der Waals surface area contributed by atoms with Crippen LogP contribution in [0, 0.1) is 0 Å². The van der Waals surface area contributed by atoms with Gasteiger partial charge in [-0.15, -0.1) is 0 Å². The molecule has 0 atom stereocenters. The summed E-state index contributed by atoms with van der Waals surface area (Å²) in [7, 11) is 0. The van der Waals surface area contributed by atoms with Crippen molar-refractivity contribution in [1.82, 2.24) is 0 Å². The van der Waals surface area contributed by atoms with Gasteiger partial charge in [0.25, 0.3) is 0 Å². The lowest BCUT2D eigenvalue weighted by atomic mass is 10.2. The summed E-state index contributed by atoms with van der Waals surface area (Å²) in [6.45, 7) is 1.12. The van der Waals surface area contributed by atoms with Crippen molar-refractivity contribution in [3.05, 3.63) is 24.3 Å². The van der Waals surface area contributed by atoms with Gasteiger partial charge in [-0.05, 0) is 30.7 Å². The maximum atomic E-state index is 13.5. The maximum absolute atomic E-state index is 13.5. The van der Waals surface area contributed by atoms with E-state index < -0.39 is 54.1 Å². The number of hydrogen-bond donors (Lipinski definition) is 0. The molecule has 0 N–H and O–H groups in total. The Labute approximate surface area is 168 Å². The predicted octanol–water partition coefficient (Wildman–Crippen LogP) is 5.51. The van der Waals surface area contributed by atoms with Gasteiger partial charge < -0.3 is 9.64 Å². The van der Waals surface area contributed by atoms with Crippen molar-refractivity contribution in [3.8, 4) is 5.75 Å². The highest BCUT2D eigenvalue weighted by Gasteiger charge is 2.65. The van der Waals surface area contributed by atoms with Crippen molar-refractivity contribution < 1.29 is 58.2 Å². The summed E-state index contributed by atoms with van der Waals surface area (Å²) in [4.78, 5) is 23.0. The molecule has 176 valence electrons. The minimum Gasteiger partial charge on any atom is -0.422 e. The maximum Gasteiger partial charge on any atom is 0.465 e. The van der Waals surface area contributed by atoms with Crippen molar-refractivity contribution in [2.45, 2.75) is 50.4 Å². The SMILES string of the molecule is CCCCCN(C(=O)C(F)(F)C(F)(F)F)c1ccc(OC(=O)C(F)(F)C(F)(F)F)cc1. The first kappa shape index (κ1) is 26.5. The van der Waals surface area contributed by atoms with Crippen LogP contribution in [0.15, 0.2) is 24.3 Å². The molecular formula is C17H15F10NO3. The van der Waals surface area contributed by atoms with E-state index in [0.717, 1.165) is 0 Å². The van der Waals surface area contributed by atoms with E-state index >= 15 is 0 Å². The number of esters is 1. The predicted molar refractivity (Wildman–Crippen MR) is 86.0 cm³/mol. The van der Waals surface area contributed by atoms with E-state index in [2.05, 4.69) is 4.74 Å². The topological polar surface area (TPSA) is 46.6 Å². The Morgan fingerprint density at radius 3 is 1.71 bits per heavy atom. The zero-order valence-electron chi connectivity index (χ0n) is 15.6. The quantitative estimate of drug-likeness (QED) is 0.218. The first-order valence-electron chi connectivity index (χ1n) is 8.50. The second-order valence-electron chi connectivity index (χ2n) is 6.19. The molecule has 0 aromatic heterocycles. The molecule has 0 aliphatic rings. The smallest absolute Gasteiger partial charge is 0.422 e. The third-order valence-electron chi connectivity index (χ3n) is 3.83. The van der Waals surface area contributed by atoms with Gasteiger partial charge in [-0.1, -0.05) is 19.8 Å². The lowest BCUT2D eigenvalue weighted by molar-refractivity contribution is -0.276. The van der Waals surface area contributed by atoms with Crippen LogP contribution in [0.1, 0.15) is 26.2 Å². The van der Waals surface area contributed by atoms with Crippen LogP contribution in [0.25, 0.3) is 0 Å². The molecule has 0 aliphatic carbocycles. The molecule has 0 bridgehead atoms. The number of ether oxygens (including phenoxy) is 1. The van der Waals surface area contributed by atoms with Crippen molar-refractivity contribution in [2.24, 2.45) is 0 Å². The minimum absolute atomic E-state index is 0.0325. The number of alkyl halides is 10. The molecule has 0 unspecified atom stereocenters. The largest absolute Gasteiger partial charge is 0.465 e. The van der Waals surface area contributed by atoms with Crippen LogP contribution in [0.5, 0.6) is 5.75 Å². The Bertz CT molecular complexity index is 772. The van der Waals surface area contributed by atoms with Gasteiger partial charge in [-0.2, -0.15) is 43.9 Å². The number of nitrogens with zero attached hydrogens (tertiary/aromatic N) is 1. The van der Waals surface area contributed by atoms with Gasteiger partial charge in [0.1, 0.15) is 5.75 Å². The van der Waals surface area contributed by atoms with Gasteiger partial charge in [-0.3, -0.25) is 4.79 Å². The standard InChI is InChI=1S/C17H15F10NO3/c1-2-3-4-9-28(12(29)14(18,19)16(22,23)24)10-5-7-11(8-6-10)31-13(30)15(20,21)17(25,26)27/h5-8H,2-4,9H2,1H3. The molecule has 14 heteroatoms. The van der Waals surface area contributed by atoms with E-state index in [-0.39, 0.29) is 11.3 Å². The number of hydrogen-bond acceptors (Lipinski definition) is 3. The second kappa shape index (κ2) is 9.30. The van der Waals surface area contributed by atoms with E-state index in [1.807, 2.05) is 0 Å². The number of benzene rings is 1. The van der Waals surface area contributed by atoms with Crippen molar-refractivity contribution in [1.29, 1.82) is 0 Å². The summed E-state index contributed by atoms with van der Waals surface area (Å²) in [5.74, 6) is -18.1. The van der Waals surface area contributed by atoms with Crippen LogP contribution < -0.4 is 9.64 Å². The molecule has 0 heterocycles.